The van der Waals surface area contributed by atoms with Gasteiger partial charge < -0.3 is 5.11 Å². The zero-order valence-corrected chi connectivity index (χ0v) is 7.93. The second-order valence-electron chi connectivity index (χ2n) is 2.59. The van der Waals surface area contributed by atoms with Crippen molar-refractivity contribution in [3.05, 3.63) is 28.8 Å². The van der Waals surface area contributed by atoms with Crippen LogP contribution in [0.5, 0.6) is 0 Å². The summed E-state index contributed by atoms with van der Waals surface area (Å²) < 4.78 is 37.7. The van der Waals surface area contributed by atoms with Crippen LogP contribution >= 0.6 is 11.6 Å². The standard InChI is InChI=1S/C8H5ClF3NO2/c9-2-5-4(10)1-3(8(14)15)6(13-5)7(11)12/h1,7H,2H2,(H,14,15). The Kier molecular flexibility index (Phi) is 3.52. The first kappa shape index (κ1) is 11.8. The van der Waals surface area contributed by atoms with E-state index in [2.05, 4.69) is 4.98 Å². The Morgan fingerprint density at radius 1 is 1.60 bits per heavy atom. The van der Waals surface area contributed by atoms with Crippen LogP contribution in [0.1, 0.15) is 28.2 Å². The second kappa shape index (κ2) is 4.48. The highest BCUT2D eigenvalue weighted by atomic mass is 35.5. The van der Waals surface area contributed by atoms with Crippen molar-refractivity contribution in [2.75, 3.05) is 0 Å². The number of carboxylic acids is 1. The summed E-state index contributed by atoms with van der Waals surface area (Å²) in [6, 6.07) is 0.495. The molecule has 0 saturated heterocycles. The van der Waals surface area contributed by atoms with Crippen LogP contribution in [-0.2, 0) is 5.88 Å². The van der Waals surface area contributed by atoms with Crippen LogP contribution < -0.4 is 0 Å². The Hall–Kier alpha value is -1.30. The molecule has 7 heteroatoms. The fourth-order valence-corrected chi connectivity index (χ4v) is 1.16. The van der Waals surface area contributed by atoms with Crippen molar-refractivity contribution < 1.29 is 23.1 Å². The highest BCUT2D eigenvalue weighted by Gasteiger charge is 2.22. The average Bonchev–Trinajstić information content (AvgIpc) is 2.16. The predicted molar refractivity (Wildman–Crippen MR) is 45.7 cm³/mol. The topological polar surface area (TPSA) is 50.2 Å². The van der Waals surface area contributed by atoms with Crippen molar-refractivity contribution in [3.63, 3.8) is 0 Å². The van der Waals surface area contributed by atoms with E-state index in [1.54, 1.807) is 0 Å². The van der Waals surface area contributed by atoms with E-state index in [1.165, 1.54) is 0 Å². The van der Waals surface area contributed by atoms with Gasteiger partial charge in [0.15, 0.2) is 0 Å². The van der Waals surface area contributed by atoms with Crippen LogP contribution in [0, 0.1) is 5.82 Å². The summed E-state index contributed by atoms with van der Waals surface area (Å²) in [5.74, 6) is -3.06. The molecule has 0 unspecified atom stereocenters. The SMILES string of the molecule is O=C(O)c1cc(F)c(CCl)nc1C(F)F. The van der Waals surface area contributed by atoms with Gasteiger partial charge in [-0.05, 0) is 6.07 Å². The van der Waals surface area contributed by atoms with E-state index < -0.39 is 41.0 Å². The number of alkyl halides is 3. The quantitative estimate of drug-likeness (QED) is 0.825. The van der Waals surface area contributed by atoms with E-state index >= 15 is 0 Å². The zero-order valence-electron chi connectivity index (χ0n) is 7.18. The third kappa shape index (κ3) is 2.38. The molecule has 1 N–H and O–H groups in total. The molecule has 0 fully saturated rings. The van der Waals surface area contributed by atoms with Crippen molar-refractivity contribution in [2.24, 2.45) is 0 Å². The summed E-state index contributed by atoms with van der Waals surface area (Å²) in [6.07, 6.45) is -3.08. The maximum Gasteiger partial charge on any atom is 0.337 e. The number of rotatable bonds is 3. The number of hydrogen-bond acceptors (Lipinski definition) is 2. The van der Waals surface area contributed by atoms with E-state index in [9.17, 15) is 18.0 Å². The average molecular weight is 240 g/mol. The van der Waals surface area contributed by atoms with Crippen molar-refractivity contribution in [2.45, 2.75) is 12.3 Å². The first-order chi connectivity index (χ1) is 6.97. The van der Waals surface area contributed by atoms with Crippen LogP contribution in [0.2, 0.25) is 0 Å². The molecule has 0 aliphatic rings. The summed E-state index contributed by atoms with van der Waals surface area (Å²) in [5, 5.41) is 8.53. The van der Waals surface area contributed by atoms with Crippen LogP contribution in [0.4, 0.5) is 13.2 Å². The molecule has 0 bridgehead atoms. The van der Waals surface area contributed by atoms with Gasteiger partial charge in [0, 0.05) is 0 Å². The van der Waals surface area contributed by atoms with Gasteiger partial charge in [-0.15, -0.1) is 11.6 Å². The smallest absolute Gasteiger partial charge is 0.337 e. The molecule has 0 spiro atoms. The number of hydrogen-bond donors (Lipinski definition) is 1. The lowest BCUT2D eigenvalue weighted by Crippen LogP contribution is -2.09. The molecule has 1 aromatic rings. The van der Waals surface area contributed by atoms with Crippen molar-refractivity contribution in [3.8, 4) is 0 Å². The number of carbonyl (C=O) groups is 1. The maximum atomic E-state index is 13.0. The molecule has 82 valence electrons. The summed E-state index contributed by atoms with van der Waals surface area (Å²) in [5.41, 5.74) is -2.21. The molecule has 0 aromatic carbocycles. The Balaban J connectivity index is 3.38. The van der Waals surface area contributed by atoms with E-state index in [0.717, 1.165) is 0 Å². The van der Waals surface area contributed by atoms with Crippen molar-refractivity contribution >= 4 is 17.6 Å². The van der Waals surface area contributed by atoms with Gasteiger partial charge in [-0.3, -0.25) is 0 Å². The lowest BCUT2D eigenvalue weighted by atomic mass is 10.1. The van der Waals surface area contributed by atoms with Gasteiger partial charge in [-0.1, -0.05) is 0 Å². The summed E-state index contributed by atoms with van der Waals surface area (Å²) >= 11 is 5.25. The number of pyridine rings is 1. The monoisotopic (exact) mass is 239 g/mol. The third-order valence-electron chi connectivity index (χ3n) is 1.64. The Labute approximate surface area is 87.5 Å². The summed E-state index contributed by atoms with van der Waals surface area (Å²) in [6.45, 7) is 0. The number of aromatic nitrogens is 1. The highest BCUT2D eigenvalue weighted by molar-refractivity contribution is 6.16. The molecule has 0 atom stereocenters. The van der Waals surface area contributed by atoms with Crippen LogP contribution in [0.3, 0.4) is 0 Å². The fraction of sp³-hybridized carbons (Fsp3) is 0.250. The number of carboxylic acid groups (broad SMARTS) is 1. The van der Waals surface area contributed by atoms with Gasteiger partial charge in [0.25, 0.3) is 6.43 Å². The minimum absolute atomic E-state index is 0.392. The molecule has 0 saturated carbocycles. The lowest BCUT2D eigenvalue weighted by Gasteiger charge is -2.06. The Bertz CT molecular complexity index is 398. The molecule has 0 aliphatic heterocycles. The van der Waals surface area contributed by atoms with Gasteiger partial charge in [0.05, 0.1) is 17.1 Å². The molecule has 0 amide bonds. The summed E-state index contributed by atoms with van der Waals surface area (Å²) in [4.78, 5) is 13.7. The molecule has 0 aliphatic carbocycles. The first-order valence-electron chi connectivity index (χ1n) is 3.74. The second-order valence-corrected chi connectivity index (χ2v) is 2.86. The zero-order chi connectivity index (χ0) is 11.6. The normalized spacial score (nSPS) is 10.7. The fourth-order valence-electron chi connectivity index (χ4n) is 0.974. The molecule has 1 heterocycles. The molecule has 3 nitrogen and oxygen atoms in total. The van der Waals surface area contributed by atoms with Gasteiger partial charge in [0.2, 0.25) is 0 Å². The summed E-state index contributed by atoms with van der Waals surface area (Å²) in [7, 11) is 0. The molecule has 0 radical (unpaired) electrons. The molecule has 15 heavy (non-hydrogen) atoms. The molecule has 1 rings (SSSR count). The maximum absolute atomic E-state index is 13.0. The molecule has 1 aromatic heterocycles. The Morgan fingerprint density at radius 2 is 2.20 bits per heavy atom. The van der Waals surface area contributed by atoms with Crippen molar-refractivity contribution in [1.29, 1.82) is 0 Å². The van der Waals surface area contributed by atoms with Crippen LogP contribution in [0.15, 0.2) is 6.07 Å². The lowest BCUT2D eigenvalue weighted by molar-refractivity contribution is 0.0681. The number of nitrogens with zero attached hydrogens (tertiary/aromatic N) is 1. The van der Waals surface area contributed by atoms with E-state index in [0.29, 0.717) is 6.07 Å². The van der Waals surface area contributed by atoms with Gasteiger partial charge in [-0.25, -0.2) is 22.9 Å². The van der Waals surface area contributed by atoms with Gasteiger partial charge in [-0.2, -0.15) is 0 Å². The molecular weight excluding hydrogens is 235 g/mol. The first-order valence-corrected chi connectivity index (χ1v) is 4.27. The highest BCUT2D eigenvalue weighted by Crippen LogP contribution is 2.23. The third-order valence-corrected chi connectivity index (χ3v) is 1.89. The minimum Gasteiger partial charge on any atom is -0.478 e. The van der Waals surface area contributed by atoms with Crippen LogP contribution in [0.25, 0.3) is 0 Å². The van der Waals surface area contributed by atoms with Gasteiger partial charge >= 0.3 is 5.97 Å². The van der Waals surface area contributed by atoms with Crippen LogP contribution in [-0.4, -0.2) is 16.1 Å². The van der Waals surface area contributed by atoms with Crippen molar-refractivity contribution in [1.82, 2.24) is 4.98 Å². The van der Waals surface area contributed by atoms with E-state index in [4.69, 9.17) is 16.7 Å². The Morgan fingerprint density at radius 3 is 2.60 bits per heavy atom. The molecular formula is C8H5ClF3NO2. The van der Waals surface area contributed by atoms with E-state index in [1.807, 2.05) is 0 Å². The number of aromatic carboxylic acids is 1. The predicted octanol–water partition coefficient (Wildman–Crippen LogP) is 2.60. The largest absolute Gasteiger partial charge is 0.478 e. The van der Waals surface area contributed by atoms with Gasteiger partial charge in [0.1, 0.15) is 11.5 Å². The van der Waals surface area contributed by atoms with E-state index in [-0.39, 0.29) is 0 Å². The number of halogens is 4. The minimum atomic E-state index is -3.08.